The topological polar surface area (TPSA) is 405 Å². The van der Waals surface area contributed by atoms with Crippen LogP contribution in [0.5, 0.6) is 17.2 Å². The van der Waals surface area contributed by atoms with Crippen molar-refractivity contribution in [1.29, 1.82) is 0 Å². The van der Waals surface area contributed by atoms with Crippen LogP contribution >= 0.6 is 0 Å². The predicted octanol–water partition coefficient (Wildman–Crippen LogP) is -5.15. The largest absolute Gasteiger partial charge is 1.00 e. The first-order valence-corrected chi connectivity index (χ1v) is 24.1. The molecule has 0 bridgehead atoms. The first-order chi connectivity index (χ1) is 31.2. The minimum absolute atomic E-state index is 0. The van der Waals surface area contributed by atoms with Crippen molar-refractivity contribution < 1.29 is 185 Å². The zero-order chi connectivity index (χ0) is 49.0. The van der Waals surface area contributed by atoms with E-state index < -0.39 is 94.3 Å². The third kappa shape index (κ3) is 13.8. The molecule has 7 aromatic rings. The second kappa shape index (κ2) is 23.8. The summed E-state index contributed by atoms with van der Waals surface area (Å²) in [5, 5.41) is 49.4. The standard InChI is InChI=1S/C40H32N8O15S4.4Na/c1-19-11-31(46-48-38-34(67(60,61)62)15-23-13-27(65(54,55)56)17-29(42)36(23)40(38)50)32(63-2)18-30(19)45-43-24-7-3-20(4-8-24)21-5-9-25(10-6-21)44-47-37-33(66(57,58)59)14-22-12-26(64(51,52)53)16-28(41)35(22)39(37)49;;;;/h3-18,49-50H,41-42H2,1-2H3,(H,51,52,53)(H,54,55,56)(H,57,58,59)(H,60,61,62);;;;/q;4*+1/p-4. The summed E-state index contributed by atoms with van der Waals surface area (Å²) in [7, 11) is -19.1. The third-order valence-corrected chi connectivity index (χ3v) is 13.1. The van der Waals surface area contributed by atoms with Gasteiger partial charge in [0, 0.05) is 17.4 Å². The zero-order valence-corrected chi connectivity index (χ0v) is 49.2. The van der Waals surface area contributed by atoms with Crippen LogP contribution in [0.4, 0.5) is 45.5 Å². The molecule has 0 fully saturated rings. The Morgan fingerprint density at radius 1 is 0.507 bits per heavy atom. The van der Waals surface area contributed by atoms with Gasteiger partial charge in [-0.05, 0) is 112 Å². The third-order valence-electron chi connectivity index (χ3n) is 9.76. The van der Waals surface area contributed by atoms with Crippen molar-refractivity contribution in [2.75, 3.05) is 18.6 Å². The molecule has 71 heavy (non-hydrogen) atoms. The van der Waals surface area contributed by atoms with Gasteiger partial charge in [-0.15, -0.1) is 15.3 Å². The summed E-state index contributed by atoms with van der Waals surface area (Å²) in [4.78, 5) is -3.69. The molecule has 7 rings (SSSR count). The van der Waals surface area contributed by atoms with E-state index in [1.54, 1.807) is 43.3 Å². The molecule has 0 unspecified atom stereocenters. The smallest absolute Gasteiger partial charge is 0.870 e. The van der Waals surface area contributed by atoms with Gasteiger partial charge in [0.25, 0.3) is 20.2 Å². The number of hydrogen-bond donors (Lipinski definition) is 4. The molecule has 0 spiro atoms. The Balaban J connectivity index is 0.00000333. The Morgan fingerprint density at radius 3 is 1.24 bits per heavy atom. The van der Waals surface area contributed by atoms with Gasteiger partial charge < -0.3 is 35.5 Å². The number of rotatable bonds is 12. The van der Waals surface area contributed by atoms with Crippen molar-refractivity contribution in [2.45, 2.75) is 26.5 Å². The van der Waals surface area contributed by atoms with Crippen LogP contribution in [-0.4, -0.2) is 59.0 Å². The second-order valence-electron chi connectivity index (χ2n) is 14.2. The van der Waals surface area contributed by atoms with Crippen molar-refractivity contribution in [3.05, 3.63) is 103 Å². The summed E-state index contributed by atoms with van der Waals surface area (Å²) < 4.78 is 144. The summed E-state index contributed by atoms with van der Waals surface area (Å²) in [5.41, 5.74) is 11.8. The van der Waals surface area contributed by atoms with Crippen molar-refractivity contribution >= 4 is 108 Å². The number of azo groups is 3. The van der Waals surface area contributed by atoms with E-state index in [0.717, 1.165) is 36.4 Å². The summed E-state index contributed by atoms with van der Waals surface area (Å²) in [5.74, 6) is -2.19. The van der Waals surface area contributed by atoms with Gasteiger partial charge in [0.1, 0.15) is 41.5 Å². The minimum Gasteiger partial charge on any atom is -0.870 e. The van der Waals surface area contributed by atoms with Crippen LogP contribution in [0.25, 0.3) is 32.7 Å². The summed E-state index contributed by atoms with van der Waals surface area (Å²) in [6, 6.07) is 20.4. The molecule has 31 heteroatoms. The Bertz CT molecular complexity index is 3800. The normalized spacial score (nSPS) is 12.1. The number of nitrogens with two attached hydrogens (primary N) is 2. The van der Waals surface area contributed by atoms with Crippen LogP contribution in [0.3, 0.4) is 0 Å². The predicted molar refractivity (Wildman–Crippen MR) is 233 cm³/mol. The molecule has 7 aromatic carbocycles. The summed E-state index contributed by atoms with van der Waals surface area (Å²) >= 11 is 0. The van der Waals surface area contributed by atoms with Gasteiger partial charge in [-0.1, -0.05) is 35.8 Å². The molecule has 0 aliphatic heterocycles. The van der Waals surface area contributed by atoms with Gasteiger partial charge in [-0.25, -0.2) is 16.8 Å². The molecule has 0 aromatic heterocycles. The Hall–Kier alpha value is -3.50. The SMILES string of the molecule is COc1cc(N=Nc2ccc(-c3ccc(N=Nc4c(S(=O)(=O)O)cc5cc(S(=O)(=O)[O-])cc(N)c5c4[O-])cc3)cc2)c(C)cc1N=Nc1c(S(=O)(=O)O)cc2cc(S(=O)(=O)[O-])cc(N)c2c1[O-].[Na+].[Na+].[Na+].[Na+]. The Morgan fingerprint density at radius 2 is 0.873 bits per heavy atom. The summed E-state index contributed by atoms with van der Waals surface area (Å²) in [6.07, 6.45) is 0. The van der Waals surface area contributed by atoms with E-state index in [0.29, 0.717) is 28.1 Å². The van der Waals surface area contributed by atoms with Crippen LogP contribution in [0.1, 0.15) is 5.56 Å². The van der Waals surface area contributed by atoms with E-state index in [2.05, 4.69) is 30.7 Å². The van der Waals surface area contributed by atoms with Crippen molar-refractivity contribution in [2.24, 2.45) is 30.7 Å². The second-order valence-corrected chi connectivity index (χ2v) is 19.7. The van der Waals surface area contributed by atoms with Gasteiger partial charge in [-0.3, -0.25) is 9.11 Å². The molecule has 0 radical (unpaired) electrons. The van der Waals surface area contributed by atoms with Crippen LogP contribution < -0.4 is 145 Å². The number of aryl methyl sites for hydroxylation is 1. The fourth-order valence-electron chi connectivity index (χ4n) is 6.60. The van der Waals surface area contributed by atoms with E-state index in [4.69, 9.17) is 16.2 Å². The summed E-state index contributed by atoms with van der Waals surface area (Å²) in [6.45, 7) is 1.63. The first-order valence-electron chi connectivity index (χ1n) is 18.4. The fourth-order valence-corrected chi connectivity index (χ4v) is 8.99. The molecule has 0 atom stereocenters. The van der Waals surface area contributed by atoms with Crippen LogP contribution in [0.15, 0.2) is 147 Å². The molecule has 0 heterocycles. The van der Waals surface area contributed by atoms with Gasteiger partial charge in [0.15, 0.2) is 0 Å². The number of hydrogen-bond acceptors (Lipinski definition) is 21. The number of methoxy groups -OCH3 is 1. The van der Waals surface area contributed by atoms with Gasteiger partial charge >= 0.3 is 118 Å². The molecular formula is C40H28N8Na4O15S4. The van der Waals surface area contributed by atoms with E-state index in [1.165, 1.54) is 31.4 Å². The monoisotopic (exact) mass is 1080 g/mol. The molecule has 6 N–H and O–H groups in total. The zero-order valence-electron chi connectivity index (χ0n) is 37.9. The van der Waals surface area contributed by atoms with E-state index in [9.17, 15) is 62.1 Å². The molecule has 0 aliphatic carbocycles. The van der Waals surface area contributed by atoms with Crippen molar-refractivity contribution in [3.63, 3.8) is 0 Å². The number of anilines is 2. The van der Waals surface area contributed by atoms with Crippen LogP contribution in [0, 0.1) is 6.92 Å². The maximum atomic E-state index is 13.4. The van der Waals surface area contributed by atoms with Crippen molar-refractivity contribution in [1.82, 2.24) is 0 Å². The van der Waals surface area contributed by atoms with Gasteiger partial charge in [0.2, 0.25) is 0 Å². The first kappa shape index (κ1) is 61.8. The molecule has 0 amide bonds. The Labute approximate surface area is 493 Å². The number of nitrogens with zero attached hydrogens (tertiary/aromatic N) is 6. The number of nitrogen functional groups attached to an aromatic ring is 2. The number of fused-ring (bicyclic) bond motifs is 2. The maximum Gasteiger partial charge on any atom is 1.00 e. The average molecular weight is 1080 g/mol. The minimum atomic E-state index is -5.16. The van der Waals surface area contributed by atoms with Crippen LogP contribution in [0.2, 0.25) is 0 Å². The Kier molecular flexibility index (Phi) is 20.7. The quantitative estimate of drug-likeness (QED) is 0.0385. The van der Waals surface area contributed by atoms with Crippen molar-refractivity contribution in [3.8, 4) is 28.4 Å². The molecule has 346 valence electrons. The molecule has 0 saturated heterocycles. The molecule has 0 aliphatic rings. The number of benzene rings is 7. The average Bonchev–Trinajstić information content (AvgIpc) is 3.23. The molecule has 23 nitrogen and oxygen atoms in total. The number of ether oxygens (including phenoxy) is 1. The van der Waals surface area contributed by atoms with E-state index in [-0.39, 0.29) is 157 Å². The van der Waals surface area contributed by atoms with E-state index >= 15 is 0 Å². The maximum absolute atomic E-state index is 13.4. The molecular weight excluding hydrogens is 1050 g/mol. The van der Waals surface area contributed by atoms with Gasteiger partial charge in [-0.2, -0.15) is 32.2 Å². The molecule has 0 saturated carbocycles. The van der Waals surface area contributed by atoms with Gasteiger partial charge in [0.05, 0.1) is 45.3 Å². The van der Waals surface area contributed by atoms with E-state index in [1.807, 2.05) is 0 Å². The fraction of sp³-hybridized carbons (Fsp3) is 0.0500. The van der Waals surface area contributed by atoms with Crippen LogP contribution in [-0.2, 0) is 40.5 Å².